The molecule has 0 heterocycles. The van der Waals surface area contributed by atoms with Crippen LogP contribution in [0.2, 0.25) is 5.02 Å². The van der Waals surface area contributed by atoms with Crippen molar-refractivity contribution in [2.45, 2.75) is 0 Å². The lowest BCUT2D eigenvalue weighted by Gasteiger charge is -2.11. The third-order valence-corrected chi connectivity index (χ3v) is 3.81. The number of nitriles is 1. The second kappa shape index (κ2) is 6.01. The van der Waals surface area contributed by atoms with E-state index in [0.29, 0.717) is 10.6 Å². The Morgan fingerprint density at radius 2 is 1.64 bits per heavy atom. The SMILES string of the molecule is N#Cc1cccc(F)c1-c1cc(-c2ccccc2)ccc1Cl. The first-order valence-corrected chi connectivity index (χ1v) is 7.12. The zero-order chi connectivity index (χ0) is 15.5. The van der Waals surface area contributed by atoms with Crippen LogP contribution in [0.1, 0.15) is 5.56 Å². The van der Waals surface area contributed by atoms with Gasteiger partial charge in [0.25, 0.3) is 0 Å². The highest BCUT2D eigenvalue weighted by molar-refractivity contribution is 6.33. The highest BCUT2D eigenvalue weighted by Crippen LogP contribution is 2.35. The molecular formula is C19H11ClFN. The van der Waals surface area contributed by atoms with Crippen LogP contribution >= 0.6 is 11.6 Å². The molecule has 0 fully saturated rings. The van der Waals surface area contributed by atoms with Gasteiger partial charge in [-0.2, -0.15) is 5.26 Å². The molecule has 0 atom stereocenters. The van der Waals surface area contributed by atoms with Crippen molar-refractivity contribution in [2.75, 3.05) is 0 Å². The molecular weight excluding hydrogens is 297 g/mol. The highest BCUT2D eigenvalue weighted by Gasteiger charge is 2.14. The van der Waals surface area contributed by atoms with Crippen LogP contribution in [0.25, 0.3) is 22.3 Å². The van der Waals surface area contributed by atoms with Crippen molar-refractivity contribution < 1.29 is 4.39 Å². The summed E-state index contributed by atoms with van der Waals surface area (Å²) >= 11 is 6.24. The number of hydrogen-bond donors (Lipinski definition) is 0. The molecule has 22 heavy (non-hydrogen) atoms. The standard InChI is InChI=1S/C19H11ClFN/c20-17-10-9-14(13-5-2-1-3-6-13)11-16(17)19-15(12-22)7-4-8-18(19)21/h1-11H. The van der Waals surface area contributed by atoms with Gasteiger partial charge < -0.3 is 0 Å². The monoisotopic (exact) mass is 307 g/mol. The first-order valence-electron chi connectivity index (χ1n) is 6.74. The Morgan fingerprint density at radius 3 is 2.36 bits per heavy atom. The maximum Gasteiger partial charge on any atom is 0.132 e. The molecule has 0 spiro atoms. The Bertz CT molecular complexity index is 866. The third-order valence-electron chi connectivity index (χ3n) is 3.48. The molecule has 0 aliphatic carbocycles. The summed E-state index contributed by atoms with van der Waals surface area (Å²) in [6.07, 6.45) is 0. The van der Waals surface area contributed by atoms with E-state index in [-0.39, 0.29) is 11.1 Å². The minimum atomic E-state index is -0.453. The highest BCUT2D eigenvalue weighted by atomic mass is 35.5. The van der Waals surface area contributed by atoms with Gasteiger partial charge in [0.1, 0.15) is 5.82 Å². The molecule has 3 heteroatoms. The Labute approximate surface area is 133 Å². The van der Waals surface area contributed by atoms with E-state index >= 15 is 0 Å². The van der Waals surface area contributed by atoms with Gasteiger partial charge in [0.15, 0.2) is 0 Å². The summed E-state index contributed by atoms with van der Waals surface area (Å²) in [5.74, 6) is -0.453. The van der Waals surface area contributed by atoms with Crippen LogP contribution in [-0.2, 0) is 0 Å². The van der Waals surface area contributed by atoms with Gasteiger partial charge in [-0.1, -0.05) is 54.1 Å². The topological polar surface area (TPSA) is 23.8 Å². The minimum absolute atomic E-state index is 0.243. The molecule has 3 aromatic rings. The third kappa shape index (κ3) is 2.59. The van der Waals surface area contributed by atoms with Gasteiger partial charge >= 0.3 is 0 Å². The van der Waals surface area contributed by atoms with Crippen LogP contribution in [0.5, 0.6) is 0 Å². The molecule has 3 rings (SSSR count). The van der Waals surface area contributed by atoms with Crippen molar-refractivity contribution in [3.05, 3.63) is 83.1 Å². The molecule has 0 radical (unpaired) electrons. The lowest BCUT2D eigenvalue weighted by atomic mass is 9.96. The quantitative estimate of drug-likeness (QED) is 0.597. The summed E-state index contributed by atoms with van der Waals surface area (Å²) in [6, 6.07) is 21.6. The van der Waals surface area contributed by atoms with Gasteiger partial charge in [0.05, 0.1) is 11.6 Å². The van der Waals surface area contributed by atoms with Gasteiger partial charge in [0.2, 0.25) is 0 Å². The Hall–Kier alpha value is -2.63. The van der Waals surface area contributed by atoms with E-state index in [1.165, 1.54) is 12.1 Å². The van der Waals surface area contributed by atoms with Crippen LogP contribution in [0.15, 0.2) is 66.7 Å². The predicted molar refractivity (Wildman–Crippen MR) is 87.0 cm³/mol. The summed E-state index contributed by atoms with van der Waals surface area (Å²) < 4.78 is 14.2. The summed E-state index contributed by atoms with van der Waals surface area (Å²) in [5.41, 5.74) is 2.97. The van der Waals surface area contributed by atoms with Crippen molar-refractivity contribution in [1.29, 1.82) is 5.26 Å². The van der Waals surface area contributed by atoms with E-state index in [1.54, 1.807) is 12.1 Å². The Kier molecular flexibility index (Phi) is 3.91. The van der Waals surface area contributed by atoms with Gasteiger partial charge in [-0.05, 0) is 35.4 Å². The van der Waals surface area contributed by atoms with Crippen molar-refractivity contribution in [1.82, 2.24) is 0 Å². The minimum Gasteiger partial charge on any atom is -0.206 e. The van der Waals surface area contributed by atoms with Crippen molar-refractivity contribution in [3.63, 3.8) is 0 Å². The zero-order valence-corrected chi connectivity index (χ0v) is 12.3. The van der Waals surface area contributed by atoms with Crippen LogP contribution in [-0.4, -0.2) is 0 Å². The smallest absolute Gasteiger partial charge is 0.132 e. The Morgan fingerprint density at radius 1 is 0.864 bits per heavy atom. The number of halogens is 2. The van der Waals surface area contributed by atoms with Gasteiger partial charge in [-0.3, -0.25) is 0 Å². The molecule has 0 amide bonds. The maximum absolute atomic E-state index is 14.2. The second-order valence-electron chi connectivity index (χ2n) is 4.83. The largest absolute Gasteiger partial charge is 0.206 e. The summed E-state index contributed by atoms with van der Waals surface area (Å²) in [6.45, 7) is 0. The molecule has 3 aromatic carbocycles. The van der Waals surface area contributed by atoms with Crippen molar-refractivity contribution in [2.24, 2.45) is 0 Å². The van der Waals surface area contributed by atoms with Gasteiger partial charge in [-0.25, -0.2) is 4.39 Å². The average Bonchev–Trinajstić information content (AvgIpc) is 2.56. The molecule has 0 saturated carbocycles. The molecule has 0 bridgehead atoms. The predicted octanol–water partition coefficient (Wildman–Crippen LogP) is 5.68. The number of nitrogens with zero attached hydrogens (tertiary/aromatic N) is 1. The van der Waals surface area contributed by atoms with Gasteiger partial charge in [-0.15, -0.1) is 0 Å². The van der Waals surface area contributed by atoms with E-state index in [9.17, 15) is 9.65 Å². The fourth-order valence-electron chi connectivity index (χ4n) is 2.42. The molecule has 0 aliphatic heterocycles. The maximum atomic E-state index is 14.2. The summed E-state index contributed by atoms with van der Waals surface area (Å²) in [5, 5.41) is 9.64. The fraction of sp³-hybridized carbons (Fsp3) is 0. The molecule has 0 unspecified atom stereocenters. The van der Waals surface area contributed by atoms with Crippen LogP contribution < -0.4 is 0 Å². The second-order valence-corrected chi connectivity index (χ2v) is 5.24. The average molecular weight is 308 g/mol. The van der Waals surface area contributed by atoms with E-state index in [4.69, 9.17) is 11.6 Å². The number of rotatable bonds is 2. The first-order chi connectivity index (χ1) is 10.7. The van der Waals surface area contributed by atoms with Crippen molar-refractivity contribution in [3.8, 4) is 28.3 Å². The van der Waals surface area contributed by atoms with Crippen molar-refractivity contribution >= 4 is 11.6 Å². The van der Waals surface area contributed by atoms with E-state index in [0.717, 1.165) is 11.1 Å². The van der Waals surface area contributed by atoms with E-state index in [2.05, 4.69) is 0 Å². The van der Waals surface area contributed by atoms with E-state index in [1.807, 2.05) is 48.5 Å². The molecule has 0 N–H and O–H groups in total. The lowest BCUT2D eigenvalue weighted by Crippen LogP contribution is -1.91. The van der Waals surface area contributed by atoms with Crippen LogP contribution in [0.4, 0.5) is 4.39 Å². The molecule has 0 aromatic heterocycles. The number of benzene rings is 3. The van der Waals surface area contributed by atoms with Crippen LogP contribution in [0.3, 0.4) is 0 Å². The summed E-state index contributed by atoms with van der Waals surface area (Å²) in [4.78, 5) is 0. The lowest BCUT2D eigenvalue weighted by molar-refractivity contribution is 0.631. The summed E-state index contributed by atoms with van der Waals surface area (Å²) in [7, 11) is 0. The normalized spacial score (nSPS) is 10.2. The fourth-order valence-corrected chi connectivity index (χ4v) is 2.63. The molecule has 0 aliphatic rings. The zero-order valence-electron chi connectivity index (χ0n) is 11.6. The van der Waals surface area contributed by atoms with Gasteiger partial charge in [0, 0.05) is 16.1 Å². The Balaban J connectivity index is 2.23. The number of hydrogen-bond acceptors (Lipinski definition) is 1. The molecule has 1 nitrogen and oxygen atoms in total. The molecule has 0 saturated heterocycles. The molecule has 106 valence electrons. The van der Waals surface area contributed by atoms with Crippen LogP contribution in [0, 0.1) is 17.1 Å². The first kappa shape index (κ1) is 14.3. The van der Waals surface area contributed by atoms with E-state index < -0.39 is 5.82 Å².